The second kappa shape index (κ2) is 5.86. The first kappa shape index (κ1) is 11.4. The number of rotatable bonds is 4. The fourth-order valence-electron chi connectivity index (χ4n) is 2.91. The maximum atomic E-state index is 3.72. The molecule has 2 aliphatic rings. The van der Waals surface area contributed by atoms with Crippen LogP contribution in [0.2, 0.25) is 0 Å². The van der Waals surface area contributed by atoms with Gasteiger partial charge in [0.1, 0.15) is 0 Å². The third-order valence-electron chi connectivity index (χ3n) is 4.19. The average Bonchev–Trinajstić information content (AvgIpc) is 2.80. The molecule has 0 spiro atoms. The Bertz CT molecular complexity index is 167. The molecule has 2 aliphatic heterocycles. The van der Waals surface area contributed by atoms with Crippen molar-refractivity contribution in [2.45, 2.75) is 51.5 Å². The first-order chi connectivity index (χ1) is 7.38. The van der Waals surface area contributed by atoms with E-state index in [4.69, 9.17) is 0 Å². The molecule has 2 heterocycles. The zero-order valence-corrected chi connectivity index (χ0v) is 10.2. The molecule has 0 saturated carbocycles. The lowest BCUT2D eigenvalue weighted by molar-refractivity contribution is 0.257. The molecule has 1 N–H and O–H groups in total. The van der Waals surface area contributed by atoms with Crippen molar-refractivity contribution in [2.24, 2.45) is 5.92 Å². The van der Waals surface area contributed by atoms with Crippen LogP contribution >= 0.6 is 0 Å². The lowest BCUT2D eigenvalue weighted by Crippen LogP contribution is -2.40. The molecule has 0 aromatic carbocycles. The Kier molecular flexibility index (Phi) is 4.45. The van der Waals surface area contributed by atoms with Crippen molar-refractivity contribution in [1.29, 1.82) is 0 Å². The van der Waals surface area contributed by atoms with E-state index in [1.54, 1.807) is 0 Å². The Morgan fingerprint density at radius 3 is 2.60 bits per heavy atom. The van der Waals surface area contributed by atoms with Gasteiger partial charge in [0, 0.05) is 6.04 Å². The molecule has 0 aliphatic carbocycles. The van der Waals surface area contributed by atoms with E-state index in [0.29, 0.717) is 0 Å². The molecule has 88 valence electrons. The lowest BCUT2D eigenvalue weighted by atomic mass is 9.91. The summed E-state index contributed by atoms with van der Waals surface area (Å²) in [6.45, 7) is 7.61. The number of nitrogens with zero attached hydrogens (tertiary/aromatic N) is 1. The minimum atomic E-state index is 0.813. The smallest absolute Gasteiger partial charge is 0.00794 e. The number of hydrogen-bond donors (Lipinski definition) is 1. The zero-order chi connectivity index (χ0) is 10.5. The fraction of sp³-hybridized carbons (Fsp3) is 1.00. The van der Waals surface area contributed by atoms with Crippen molar-refractivity contribution in [3.63, 3.8) is 0 Å². The summed E-state index contributed by atoms with van der Waals surface area (Å²) in [5.74, 6) is 0.952. The highest BCUT2D eigenvalue weighted by Gasteiger charge is 2.20. The number of nitrogens with one attached hydrogen (secondary N) is 1. The fourth-order valence-corrected chi connectivity index (χ4v) is 2.91. The Morgan fingerprint density at radius 1 is 1.20 bits per heavy atom. The Hall–Kier alpha value is -0.0800. The molecule has 2 nitrogen and oxygen atoms in total. The molecule has 2 rings (SSSR count). The van der Waals surface area contributed by atoms with Gasteiger partial charge in [0.05, 0.1) is 0 Å². The van der Waals surface area contributed by atoms with Gasteiger partial charge in [0.2, 0.25) is 0 Å². The molecule has 2 fully saturated rings. The molecular formula is C13H26N2. The summed E-state index contributed by atoms with van der Waals surface area (Å²) in [6.07, 6.45) is 8.44. The second-order valence-electron chi connectivity index (χ2n) is 5.29. The van der Waals surface area contributed by atoms with E-state index in [0.717, 1.165) is 12.0 Å². The number of likely N-dealkylation sites (tertiary alicyclic amines) is 1. The summed E-state index contributed by atoms with van der Waals surface area (Å²) in [5.41, 5.74) is 0. The molecule has 0 aromatic heterocycles. The summed E-state index contributed by atoms with van der Waals surface area (Å²) in [6, 6.07) is 0.813. The van der Waals surface area contributed by atoms with E-state index in [-0.39, 0.29) is 0 Å². The third-order valence-corrected chi connectivity index (χ3v) is 4.19. The van der Waals surface area contributed by atoms with Crippen molar-refractivity contribution in [3.05, 3.63) is 0 Å². The van der Waals surface area contributed by atoms with Crippen molar-refractivity contribution in [3.8, 4) is 0 Å². The van der Waals surface area contributed by atoms with Crippen molar-refractivity contribution in [1.82, 2.24) is 10.2 Å². The van der Waals surface area contributed by atoms with Gasteiger partial charge in [-0.05, 0) is 64.2 Å². The van der Waals surface area contributed by atoms with Crippen molar-refractivity contribution >= 4 is 0 Å². The Labute approximate surface area is 94.4 Å². The minimum Gasteiger partial charge on any atom is -0.314 e. The Morgan fingerprint density at radius 2 is 2.00 bits per heavy atom. The van der Waals surface area contributed by atoms with Gasteiger partial charge >= 0.3 is 0 Å². The van der Waals surface area contributed by atoms with Crippen LogP contribution in [0.15, 0.2) is 0 Å². The van der Waals surface area contributed by atoms with E-state index in [2.05, 4.69) is 17.1 Å². The summed E-state index contributed by atoms with van der Waals surface area (Å²) < 4.78 is 0. The normalized spacial score (nSPS) is 33.4. The molecule has 0 radical (unpaired) electrons. The van der Waals surface area contributed by atoms with Gasteiger partial charge in [-0.1, -0.05) is 13.3 Å². The second-order valence-corrected chi connectivity index (χ2v) is 5.29. The summed E-state index contributed by atoms with van der Waals surface area (Å²) in [4.78, 5) is 2.63. The van der Waals surface area contributed by atoms with Gasteiger partial charge in [0.15, 0.2) is 0 Å². The van der Waals surface area contributed by atoms with E-state index in [9.17, 15) is 0 Å². The topological polar surface area (TPSA) is 15.3 Å². The molecule has 0 bridgehead atoms. The molecule has 0 amide bonds. The van der Waals surface area contributed by atoms with Gasteiger partial charge < -0.3 is 10.2 Å². The molecule has 0 aromatic rings. The predicted octanol–water partition coefficient (Wildman–Crippen LogP) is 2.25. The van der Waals surface area contributed by atoms with E-state index < -0.39 is 0 Å². The van der Waals surface area contributed by atoms with Crippen LogP contribution in [0.1, 0.15) is 45.4 Å². The molecule has 2 atom stereocenters. The maximum absolute atomic E-state index is 3.72. The van der Waals surface area contributed by atoms with E-state index in [1.165, 1.54) is 64.7 Å². The quantitative estimate of drug-likeness (QED) is 0.765. The van der Waals surface area contributed by atoms with Gasteiger partial charge in [0.25, 0.3) is 0 Å². The highest BCUT2D eigenvalue weighted by molar-refractivity contribution is 4.79. The standard InChI is InChI=1S/C13H26N2/c1-2-12-5-6-13(14-11-12)7-10-15-8-3-4-9-15/h12-14H,2-11H2,1H3/t12-,13-/m1/s1. The first-order valence-corrected chi connectivity index (χ1v) is 6.84. The van der Waals surface area contributed by atoms with Crippen LogP contribution in [0.25, 0.3) is 0 Å². The van der Waals surface area contributed by atoms with Crippen molar-refractivity contribution < 1.29 is 0 Å². The van der Waals surface area contributed by atoms with Gasteiger partial charge in [-0.3, -0.25) is 0 Å². The van der Waals surface area contributed by atoms with Crippen LogP contribution in [-0.4, -0.2) is 37.1 Å². The monoisotopic (exact) mass is 210 g/mol. The van der Waals surface area contributed by atoms with Crippen LogP contribution in [0.3, 0.4) is 0 Å². The molecule has 2 heteroatoms. The van der Waals surface area contributed by atoms with Crippen LogP contribution in [-0.2, 0) is 0 Å². The highest BCUT2D eigenvalue weighted by atomic mass is 15.1. The van der Waals surface area contributed by atoms with E-state index in [1.807, 2.05) is 0 Å². The predicted molar refractivity (Wildman–Crippen MR) is 65.1 cm³/mol. The van der Waals surface area contributed by atoms with Crippen LogP contribution < -0.4 is 5.32 Å². The summed E-state index contributed by atoms with van der Waals surface area (Å²) >= 11 is 0. The van der Waals surface area contributed by atoms with Gasteiger partial charge in [-0.15, -0.1) is 0 Å². The summed E-state index contributed by atoms with van der Waals surface area (Å²) in [7, 11) is 0. The van der Waals surface area contributed by atoms with Crippen LogP contribution in [0, 0.1) is 5.92 Å². The molecule has 15 heavy (non-hydrogen) atoms. The summed E-state index contributed by atoms with van der Waals surface area (Å²) in [5, 5.41) is 3.72. The maximum Gasteiger partial charge on any atom is 0.00794 e. The highest BCUT2D eigenvalue weighted by Crippen LogP contribution is 2.19. The SMILES string of the molecule is CC[C@@H]1CC[C@H](CCN2CCCC2)NC1. The van der Waals surface area contributed by atoms with Gasteiger partial charge in [-0.2, -0.15) is 0 Å². The van der Waals surface area contributed by atoms with Crippen LogP contribution in [0.5, 0.6) is 0 Å². The molecule has 0 unspecified atom stereocenters. The number of piperidine rings is 1. The molecular weight excluding hydrogens is 184 g/mol. The largest absolute Gasteiger partial charge is 0.314 e. The Balaban J connectivity index is 1.59. The van der Waals surface area contributed by atoms with Gasteiger partial charge in [-0.25, -0.2) is 0 Å². The third kappa shape index (κ3) is 3.46. The van der Waals surface area contributed by atoms with E-state index >= 15 is 0 Å². The zero-order valence-electron chi connectivity index (χ0n) is 10.2. The van der Waals surface area contributed by atoms with Crippen LogP contribution in [0.4, 0.5) is 0 Å². The lowest BCUT2D eigenvalue weighted by Gasteiger charge is -2.30. The minimum absolute atomic E-state index is 0.813. The average molecular weight is 210 g/mol. The van der Waals surface area contributed by atoms with Crippen molar-refractivity contribution in [2.75, 3.05) is 26.2 Å². The molecule has 2 saturated heterocycles. The number of hydrogen-bond acceptors (Lipinski definition) is 2. The first-order valence-electron chi connectivity index (χ1n) is 6.84.